The monoisotopic (exact) mass is 494 g/mol. The summed E-state index contributed by atoms with van der Waals surface area (Å²) >= 11 is 0. The SMILES string of the molecule is COC(=O)c1ccc2c(=O)n(CCCCCC(=O)NCCCN(C)Cc3ccccc3)c(=O)[nH]c2c1. The number of esters is 1. The molecule has 0 aliphatic heterocycles. The summed E-state index contributed by atoms with van der Waals surface area (Å²) < 4.78 is 5.83. The van der Waals surface area contributed by atoms with Crippen molar-refractivity contribution in [2.75, 3.05) is 27.2 Å². The maximum Gasteiger partial charge on any atom is 0.337 e. The van der Waals surface area contributed by atoms with Gasteiger partial charge >= 0.3 is 11.7 Å². The van der Waals surface area contributed by atoms with Gasteiger partial charge in [0.1, 0.15) is 0 Å². The quantitative estimate of drug-likeness (QED) is 0.279. The van der Waals surface area contributed by atoms with Crippen LogP contribution in [0.15, 0.2) is 58.1 Å². The van der Waals surface area contributed by atoms with Crippen LogP contribution in [0.25, 0.3) is 10.9 Å². The van der Waals surface area contributed by atoms with E-state index in [4.69, 9.17) is 0 Å². The Morgan fingerprint density at radius 1 is 1.03 bits per heavy atom. The highest BCUT2D eigenvalue weighted by Gasteiger charge is 2.11. The lowest BCUT2D eigenvalue weighted by Crippen LogP contribution is -2.35. The number of methoxy groups -OCH3 is 1. The van der Waals surface area contributed by atoms with E-state index in [0.29, 0.717) is 36.7 Å². The molecule has 0 radical (unpaired) electrons. The lowest BCUT2D eigenvalue weighted by Gasteiger charge is -2.16. The molecule has 0 saturated carbocycles. The van der Waals surface area contributed by atoms with E-state index in [0.717, 1.165) is 30.5 Å². The van der Waals surface area contributed by atoms with Gasteiger partial charge in [-0.15, -0.1) is 0 Å². The first-order chi connectivity index (χ1) is 17.4. The Morgan fingerprint density at radius 3 is 2.56 bits per heavy atom. The average molecular weight is 495 g/mol. The zero-order valence-corrected chi connectivity index (χ0v) is 20.9. The van der Waals surface area contributed by atoms with Gasteiger partial charge in [-0.1, -0.05) is 36.8 Å². The Morgan fingerprint density at radius 2 is 1.81 bits per heavy atom. The Balaban J connectivity index is 1.36. The number of hydrogen-bond acceptors (Lipinski definition) is 6. The van der Waals surface area contributed by atoms with Gasteiger partial charge in [-0.3, -0.25) is 14.2 Å². The van der Waals surface area contributed by atoms with Gasteiger partial charge in [0.15, 0.2) is 0 Å². The molecular weight excluding hydrogens is 460 g/mol. The molecule has 0 atom stereocenters. The number of benzene rings is 2. The first-order valence-corrected chi connectivity index (χ1v) is 12.2. The van der Waals surface area contributed by atoms with E-state index < -0.39 is 17.2 Å². The lowest BCUT2D eigenvalue weighted by molar-refractivity contribution is -0.121. The molecule has 3 rings (SSSR count). The number of unbranched alkanes of at least 4 members (excludes halogenated alkanes) is 2. The van der Waals surface area contributed by atoms with Crippen molar-refractivity contribution in [2.24, 2.45) is 0 Å². The van der Waals surface area contributed by atoms with E-state index in [2.05, 4.69) is 39.1 Å². The number of nitrogens with one attached hydrogen (secondary N) is 2. The van der Waals surface area contributed by atoms with Crippen LogP contribution >= 0.6 is 0 Å². The zero-order valence-electron chi connectivity index (χ0n) is 20.9. The minimum atomic E-state index is -0.540. The van der Waals surface area contributed by atoms with Crippen LogP contribution in [0, 0.1) is 0 Å². The molecule has 2 N–H and O–H groups in total. The van der Waals surface area contributed by atoms with Crippen LogP contribution in [0.2, 0.25) is 0 Å². The normalized spacial score (nSPS) is 11.1. The molecular formula is C27H34N4O5. The van der Waals surface area contributed by atoms with Crippen LogP contribution < -0.4 is 16.6 Å². The molecule has 3 aromatic rings. The number of amides is 1. The first kappa shape index (κ1) is 26.9. The van der Waals surface area contributed by atoms with Crippen molar-refractivity contribution in [1.82, 2.24) is 19.8 Å². The fourth-order valence-corrected chi connectivity index (χ4v) is 4.07. The summed E-state index contributed by atoms with van der Waals surface area (Å²) in [7, 11) is 3.34. The molecule has 36 heavy (non-hydrogen) atoms. The first-order valence-electron chi connectivity index (χ1n) is 12.2. The number of carbonyl (C=O) groups is 2. The number of H-pyrrole nitrogens is 1. The van der Waals surface area contributed by atoms with Crippen molar-refractivity contribution in [3.63, 3.8) is 0 Å². The van der Waals surface area contributed by atoms with Crippen molar-refractivity contribution < 1.29 is 14.3 Å². The highest BCUT2D eigenvalue weighted by Crippen LogP contribution is 2.10. The van der Waals surface area contributed by atoms with Gasteiger partial charge in [0, 0.05) is 26.1 Å². The van der Waals surface area contributed by atoms with Crippen LogP contribution in [-0.2, 0) is 22.6 Å². The predicted octanol–water partition coefficient (Wildman–Crippen LogP) is 2.68. The van der Waals surface area contributed by atoms with Crippen LogP contribution in [-0.4, -0.2) is 53.6 Å². The van der Waals surface area contributed by atoms with E-state index in [1.807, 2.05) is 18.2 Å². The summed E-state index contributed by atoms with van der Waals surface area (Å²) in [5, 5.41) is 3.29. The molecule has 0 aliphatic carbocycles. The average Bonchev–Trinajstić information content (AvgIpc) is 2.87. The van der Waals surface area contributed by atoms with Crippen LogP contribution in [0.1, 0.15) is 48.0 Å². The largest absolute Gasteiger partial charge is 0.465 e. The van der Waals surface area contributed by atoms with Gasteiger partial charge in [0.2, 0.25) is 5.91 Å². The molecule has 0 aliphatic rings. The third kappa shape index (κ3) is 7.64. The fraction of sp³-hybridized carbons (Fsp3) is 0.407. The van der Waals surface area contributed by atoms with Crippen molar-refractivity contribution in [3.8, 4) is 0 Å². The number of aromatic amines is 1. The maximum atomic E-state index is 12.7. The number of ether oxygens (including phenoxy) is 1. The van der Waals surface area contributed by atoms with E-state index >= 15 is 0 Å². The molecule has 1 heterocycles. The Hall–Kier alpha value is -3.72. The summed E-state index contributed by atoms with van der Waals surface area (Å²) in [6.45, 7) is 2.68. The maximum absolute atomic E-state index is 12.7. The van der Waals surface area contributed by atoms with E-state index in [1.165, 1.54) is 30.9 Å². The topological polar surface area (TPSA) is 114 Å². The highest BCUT2D eigenvalue weighted by molar-refractivity contribution is 5.93. The second kappa shape index (κ2) is 13.4. The molecule has 192 valence electrons. The van der Waals surface area contributed by atoms with Gasteiger partial charge in [0.05, 0.1) is 23.6 Å². The molecule has 0 fully saturated rings. The summed E-state index contributed by atoms with van der Waals surface area (Å²) in [5.41, 5.74) is 0.900. The molecule has 9 nitrogen and oxygen atoms in total. The second-order valence-electron chi connectivity index (χ2n) is 8.88. The van der Waals surface area contributed by atoms with Gasteiger partial charge in [-0.05, 0) is 56.6 Å². The predicted molar refractivity (Wildman–Crippen MR) is 139 cm³/mol. The fourth-order valence-electron chi connectivity index (χ4n) is 4.07. The summed E-state index contributed by atoms with van der Waals surface area (Å²) in [6, 6.07) is 14.7. The molecule has 9 heteroatoms. The number of fused-ring (bicyclic) bond motifs is 1. The number of aromatic nitrogens is 2. The number of carbonyl (C=O) groups excluding carboxylic acids is 2. The Kier molecular flexibility index (Phi) is 10.00. The van der Waals surface area contributed by atoms with Gasteiger partial charge in [-0.25, -0.2) is 9.59 Å². The molecule has 0 saturated heterocycles. The van der Waals surface area contributed by atoms with E-state index in [9.17, 15) is 19.2 Å². The van der Waals surface area contributed by atoms with Crippen molar-refractivity contribution >= 4 is 22.8 Å². The van der Waals surface area contributed by atoms with Crippen LogP contribution in [0.4, 0.5) is 0 Å². The van der Waals surface area contributed by atoms with E-state index in [1.54, 1.807) is 0 Å². The zero-order chi connectivity index (χ0) is 25.9. The van der Waals surface area contributed by atoms with Gasteiger partial charge in [0.25, 0.3) is 5.56 Å². The second-order valence-corrected chi connectivity index (χ2v) is 8.88. The summed E-state index contributed by atoms with van der Waals surface area (Å²) in [5.74, 6) is -0.524. The molecule has 0 spiro atoms. The molecule has 1 aromatic heterocycles. The lowest BCUT2D eigenvalue weighted by atomic mass is 10.1. The third-order valence-corrected chi connectivity index (χ3v) is 6.02. The van der Waals surface area contributed by atoms with Gasteiger partial charge < -0.3 is 19.9 Å². The van der Waals surface area contributed by atoms with Crippen molar-refractivity contribution in [3.05, 3.63) is 80.5 Å². The van der Waals surface area contributed by atoms with Crippen LogP contribution in [0.5, 0.6) is 0 Å². The Bertz CT molecular complexity index is 1280. The van der Waals surface area contributed by atoms with Crippen molar-refractivity contribution in [2.45, 2.75) is 45.2 Å². The minimum Gasteiger partial charge on any atom is -0.465 e. The number of hydrogen-bond donors (Lipinski definition) is 2. The molecule has 0 unspecified atom stereocenters. The summed E-state index contributed by atoms with van der Waals surface area (Å²) in [6.07, 6.45) is 3.30. The third-order valence-electron chi connectivity index (χ3n) is 6.02. The Labute approximate surface area is 210 Å². The van der Waals surface area contributed by atoms with E-state index in [-0.39, 0.29) is 18.0 Å². The molecule has 2 aromatic carbocycles. The van der Waals surface area contributed by atoms with Crippen molar-refractivity contribution in [1.29, 1.82) is 0 Å². The summed E-state index contributed by atoms with van der Waals surface area (Å²) in [4.78, 5) is 53.8. The van der Waals surface area contributed by atoms with Crippen LogP contribution in [0.3, 0.4) is 0 Å². The molecule has 0 bridgehead atoms. The standard InChI is InChI=1S/C27H34N4O5/c1-30(19-20-10-5-3-6-11-20)16-9-15-28-24(32)12-7-4-8-17-31-25(33)22-14-13-21(26(34)36-2)18-23(22)29-27(31)35/h3,5-6,10-11,13-14,18H,4,7-9,12,15-17,19H2,1-2H3,(H,28,32)(H,29,35). The smallest absolute Gasteiger partial charge is 0.337 e. The highest BCUT2D eigenvalue weighted by atomic mass is 16.5. The van der Waals surface area contributed by atoms with Gasteiger partial charge in [-0.2, -0.15) is 0 Å². The minimum absolute atomic E-state index is 0.0165. The molecule has 1 amide bonds. The number of rotatable bonds is 13. The number of nitrogens with zero attached hydrogens (tertiary/aromatic N) is 2.